The SMILES string of the molecule is c1ccc(C2=NC(c3ccccc3)NC(c3ccc(-n4c5ccccc5c5ccc6c(c54)Oc4cc5ccccc5cc4O6)cc3)N2)cc1. The molecule has 6 nitrogen and oxygen atoms in total. The molecule has 6 heteroatoms. The van der Waals surface area contributed by atoms with Crippen LogP contribution in [0.3, 0.4) is 0 Å². The molecule has 0 radical (unpaired) electrons. The van der Waals surface area contributed by atoms with E-state index < -0.39 is 0 Å². The molecule has 234 valence electrons. The third kappa shape index (κ3) is 4.65. The molecule has 1 aromatic heterocycles. The molecule has 2 unspecified atom stereocenters. The molecule has 10 rings (SSSR count). The second-order valence-electron chi connectivity index (χ2n) is 12.5. The fourth-order valence-corrected chi connectivity index (χ4v) is 7.14. The summed E-state index contributed by atoms with van der Waals surface area (Å²) in [6.45, 7) is 0. The van der Waals surface area contributed by atoms with Crippen molar-refractivity contribution < 1.29 is 9.47 Å². The van der Waals surface area contributed by atoms with Gasteiger partial charge in [0.25, 0.3) is 0 Å². The summed E-state index contributed by atoms with van der Waals surface area (Å²) < 4.78 is 15.5. The molecule has 2 atom stereocenters. The molecule has 0 bridgehead atoms. The van der Waals surface area contributed by atoms with Crippen LogP contribution in [0.15, 0.2) is 163 Å². The Bertz CT molecular complexity index is 2560. The van der Waals surface area contributed by atoms with Gasteiger partial charge in [-0.15, -0.1) is 0 Å². The lowest BCUT2D eigenvalue weighted by molar-refractivity contribution is 0.363. The smallest absolute Gasteiger partial charge is 0.194 e. The van der Waals surface area contributed by atoms with Gasteiger partial charge in [0.05, 0.1) is 5.52 Å². The molecule has 2 aliphatic heterocycles. The summed E-state index contributed by atoms with van der Waals surface area (Å²) in [5, 5.41) is 11.9. The molecule has 7 aromatic carbocycles. The van der Waals surface area contributed by atoms with E-state index in [0.29, 0.717) is 17.2 Å². The molecular formula is C43H30N4O2. The minimum atomic E-state index is -0.191. The van der Waals surface area contributed by atoms with Gasteiger partial charge in [-0.25, -0.2) is 4.99 Å². The first-order chi connectivity index (χ1) is 24.3. The average Bonchev–Trinajstić information content (AvgIpc) is 3.52. The Balaban J connectivity index is 1.07. The van der Waals surface area contributed by atoms with Gasteiger partial charge in [-0.2, -0.15) is 0 Å². The van der Waals surface area contributed by atoms with E-state index in [0.717, 1.165) is 66.5 Å². The van der Waals surface area contributed by atoms with Crippen molar-refractivity contribution in [1.29, 1.82) is 0 Å². The minimum Gasteiger partial charge on any atom is -0.449 e. The van der Waals surface area contributed by atoms with Crippen molar-refractivity contribution in [1.82, 2.24) is 15.2 Å². The molecule has 0 amide bonds. The quantitative estimate of drug-likeness (QED) is 0.202. The van der Waals surface area contributed by atoms with Gasteiger partial charge in [-0.3, -0.25) is 5.32 Å². The molecule has 3 heterocycles. The van der Waals surface area contributed by atoms with Crippen LogP contribution in [-0.2, 0) is 0 Å². The summed E-state index contributed by atoms with van der Waals surface area (Å²) in [7, 11) is 0. The van der Waals surface area contributed by atoms with E-state index in [4.69, 9.17) is 14.5 Å². The topological polar surface area (TPSA) is 59.8 Å². The Morgan fingerprint density at radius 1 is 0.551 bits per heavy atom. The van der Waals surface area contributed by atoms with Gasteiger partial charge < -0.3 is 19.4 Å². The van der Waals surface area contributed by atoms with Crippen LogP contribution in [0.5, 0.6) is 23.0 Å². The van der Waals surface area contributed by atoms with Crippen LogP contribution in [-0.4, -0.2) is 10.4 Å². The number of fused-ring (bicyclic) bond motifs is 7. The molecule has 0 saturated carbocycles. The molecule has 0 saturated heterocycles. The summed E-state index contributed by atoms with van der Waals surface area (Å²) in [5.41, 5.74) is 6.38. The fraction of sp³-hybridized carbons (Fsp3) is 0.0465. The van der Waals surface area contributed by atoms with Gasteiger partial charge in [0, 0.05) is 22.0 Å². The zero-order valence-corrected chi connectivity index (χ0v) is 26.4. The van der Waals surface area contributed by atoms with E-state index in [1.165, 1.54) is 0 Å². The zero-order valence-electron chi connectivity index (χ0n) is 26.4. The van der Waals surface area contributed by atoms with Crippen molar-refractivity contribution in [3.05, 3.63) is 174 Å². The number of aliphatic imine (C=N–C) groups is 1. The van der Waals surface area contributed by atoms with E-state index in [1.54, 1.807) is 0 Å². The molecule has 2 N–H and O–H groups in total. The van der Waals surface area contributed by atoms with Crippen LogP contribution < -0.4 is 20.1 Å². The monoisotopic (exact) mass is 634 g/mol. The Kier molecular flexibility index (Phi) is 6.29. The lowest BCUT2D eigenvalue weighted by Crippen LogP contribution is -2.44. The van der Waals surface area contributed by atoms with Gasteiger partial charge in [-0.1, -0.05) is 115 Å². The summed E-state index contributed by atoms with van der Waals surface area (Å²) in [6.07, 6.45) is -0.343. The highest BCUT2D eigenvalue weighted by molar-refractivity contribution is 6.12. The Hall–Kier alpha value is -6.37. The van der Waals surface area contributed by atoms with Gasteiger partial charge >= 0.3 is 0 Å². The Labute approximate surface area is 282 Å². The summed E-state index contributed by atoms with van der Waals surface area (Å²) in [4.78, 5) is 5.06. The van der Waals surface area contributed by atoms with E-state index >= 15 is 0 Å². The second kappa shape index (κ2) is 11.1. The number of nitrogens with zero attached hydrogens (tertiary/aromatic N) is 2. The molecule has 2 aliphatic rings. The number of para-hydroxylation sites is 1. The predicted molar refractivity (Wildman–Crippen MR) is 196 cm³/mol. The predicted octanol–water partition coefficient (Wildman–Crippen LogP) is 10.2. The number of benzene rings is 7. The van der Waals surface area contributed by atoms with Crippen LogP contribution in [0.1, 0.15) is 29.0 Å². The fourth-order valence-electron chi connectivity index (χ4n) is 7.14. The number of aromatic nitrogens is 1. The van der Waals surface area contributed by atoms with Crippen molar-refractivity contribution in [2.45, 2.75) is 12.3 Å². The third-order valence-corrected chi connectivity index (χ3v) is 9.51. The first kappa shape index (κ1) is 27.7. The van der Waals surface area contributed by atoms with Crippen LogP contribution in [0.4, 0.5) is 0 Å². The van der Waals surface area contributed by atoms with Crippen molar-refractivity contribution in [3.8, 4) is 28.7 Å². The van der Waals surface area contributed by atoms with Crippen molar-refractivity contribution in [2.75, 3.05) is 0 Å². The lowest BCUT2D eigenvalue weighted by Gasteiger charge is -2.32. The maximum atomic E-state index is 6.74. The van der Waals surface area contributed by atoms with Gasteiger partial charge in [-0.05, 0) is 64.4 Å². The van der Waals surface area contributed by atoms with E-state index in [1.807, 2.05) is 42.5 Å². The lowest BCUT2D eigenvalue weighted by atomic mass is 10.1. The minimum absolute atomic E-state index is 0.152. The van der Waals surface area contributed by atoms with E-state index in [-0.39, 0.29) is 12.3 Å². The summed E-state index contributed by atoms with van der Waals surface area (Å²) in [6, 6.07) is 54.5. The zero-order chi connectivity index (χ0) is 32.3. The molecule has 0 spiro atoms. The molecule has 49 heavy (non-hydrogen) atoms. The highest BCUT2D eigenvalue weighted by Crippen LogP contribution is 2.51. The largest absolute Gasteiger partial charge is 0.449 e. The molecule has 0 aliphatic carbocycles. The number of hydrogen-bond donors (Lipinski definition) is 2. The van der Waals surface area contributed by atoms with Gasteiger partial charge in [0.1, 0.15) is 23.7 Å². The standard InChI is InChI=1S/C43H30N4O2/c1-3-11-27(12-4-1)41-44-42(28-13-5-2-6-14-28)46-43(45-41)29-19-21-32(22-20-29)47-35-18-10-9-17-33(35)34-23-24-36-40(39(34)47)49-38-26-31-16-8-7-15-30(31)25-37(38)48-36/h1-26,41,43,45H,(H,44,46). The van der Waals surface area contributed by atoms with Crippen molar-refractivity contribution in [3.63, 3.8) is 0 Å². The van der Waals surface area contributed by atoms with Crippen LogP contribution in [0.2, 0.25) is 0 Å². The van der Waals surface area contributed by atoms with Crippen molar-refractivity contribution >= 4 is 38.4 Å². The number of amidine groups is 1. The summed E-state index contributed by atoms with van der Waals surface area (Å²) >= 11 is 0. The van der Waals surface area contributed by atoms with Crippen LogP contribution >= 0.6 is 0 Å². The maximum Gasteiger partial charge on any atom is 0.194 e. The van der Waals surface area contributed by atoms with E-state index in [9.17, 15) is 0 Å². The first-order valence-corrected chi connectivity index (χ1v) is 16.5. The molecule has 8 aromatic rings. The Morgan fingerprint density at radius 3 is 2.00 bits per heavy atom. The molecule has 0 fully saturated rings. The second-order valence-corrected chi connectivity index (χ2v) is 12.5. The van der Waals surface area contributed by atoms with E-state index in [2.05, 4.69) is 130 Å². The van der Waals surface area contributed by atoms with Crippen molar-refractivity contribution in [2.24, 2.45) is 4.99 Å². The highest BCUT2D eigenvalue weighted by Gasteiger charge is 2.28. The highest BCUT2D eigenvalue weighted by atomic mass is 16.6. The number of hydrogen-bond acceptors (Lipinski definition) is 5. The summed E-state index contributed by atoms with van der Waals surface area (Å²) in [5.74, 6) is 3.71. The maximum absolute atomic E-state index is 6.74. The number of nitrogens with one attached hydrogen (secondary N) is 2. The van der Waals surface area contributed by atoms with Gasteiger partial charge in [0.2, 0.25) is 0 Å². The van der Waals surface area contributed by atoms with Crippen LogP contribution in [0.25, 0.3) is 38.3 Å². The molecular weight excluding hydrogens is 604 g/mol. The number of rotatable bonds is 4. The van der Waals surface area contributed by atoms with Gasteiger partial charge in [0.15, 0.2) is 23.0 Å². The first-order valence-electron chi connectivity index (χ1n) is 16.5. The third-order valence-electron chi connectivity index (χ3n) is 9.51. The average molecular weight is 635 g/mol. The number of ether oxygens (including phenoxy) is 2. The Morgan fingerprint density at radius 2 is 1.22 bits per heavy atom. The van der Waals surface area contributed by atoms with Crippen LogP contribution in [0, 0.1) is 0 Å². The normalized spacial score (nSPS) is 16.7.